The first-order valence-electron chi connectivity index (χ1n) is 8.93. The van der Waals surface area contributed by atoms with Crippen molar-refractivity contribution in [3.8, 4) is 0 Å². The van der Waals surface area contributed by atoms with Crippen LogP contribution in [-0.2, 0) is 0 Å². The molecule has 0 radical (unpaired) electrons. The topological polar surface area (TPSA) is 49.3 Å². The third kappa shape index (κ3) is 2.90. The van der Waals surface area contributed by atoms with Gasteiger partial charge in [-0.05, 0) is 42.0 Å². The number of hydrogen-bond donors (Lipinski definition) is 0. The molecule has 5 heteroatoms. The summed E-state index contributed by atoms with van der Waals surface area (Å²) < 4.78 is 0. The molecule has 1 aromatic carbocycles. The van der Waals surface area contributed by atoms with Gasteiger partial charge in [-0.2, -0.15) is 0 Å². The van der Waals surface area contributed by atoms with Crippen LogP contribution in [0.4, 0.5) is 5.82 Å². The highest BCUT2D eigenvalue weighted by atomic mass is 16.2. The number of carbonyl (C=O) groups is 1. The van der Waals surface area contributed by atoms with Gasteiger partial charge in [-0.3, -0.25) is 9.78 Å². The van der Waals surface area contributed by atoms with E-state index in [4.69, 9.17) is 0 Å². The molecule has 1 saturated heterocycles. The summed E-state index contributed by atoms with van der Waals surface area (Å²) in [6.45, 7) is 0.758. The van der Waals surface area contributed by atoms with Gasteiger partial charge in [0.15, 0.2) is 0 Å². The molecule has 0 saturated carbocycles. The standard InChI is InChI=1S/C21H22N4O/c1-24(2)19-14-16(10-11-22-19)18-8-5-13-25(18)21(26)20-17-7-4-3-6-15(17)9-12-23-20/h3-4,6-7,9-12,14,18H,5,8,13H2,1-2H3/t18-/m0/s1. The van der Waals surface area contributed by atoms with Crippen molar-refractivity contribution in [2.45, 2.75) is 18.9 Å². The fraction of sp³-hybridized carbons (Fsp3) is 0.286. The average Bonchev–Trinajstić information content (AvgIpc) is 3.17. The molecular formula is C21H22N4O. The maximum absolute atomic E-state index is 13.3. The van der Waals surface area contributed by atoms with E-state index in [2.05, 4.69) is 16.0 Å². The van der Waals surface area contributed by atoms with Crippen molar-refractivity contribution in [2.24, 2.45) is 0 Å². The minimum Gasteiger partial charge on any atom is -0.363 e. The van der Waals surface area contributed by atoms with Crippen LogP contribution in [0.1, 0.15) is 34.9 Å². The van der Waals surface area contributed by atoms with E-state index in [1.807, 2.05) is 66.5 Å². The summed E-state index contributed by atoms with van der Waals surface area (Å²) in [5.41, 5.74) is 1.67. The van der Waals surface area contributed by atoms with Gasteiger partial charge in [-0.15, -0.1) is 0 Å². The van der Waals surface area contributed by atoms with Gasteiger partial charge in [0.05, 0.1) is 6.04 Å². The van der Waals surface area contributed by atoms with Crippen LogP contribution in [0.15, 0.2) is 54.9 Å². The lowest BCUT2D eigenvalue weighted by atomic mass is 10.0. The monoisotopic (exact) mass is 346 g/mol. The molecule has 5 nitrogen and oxygen atoms in total. The van der Waals surface area contributed by atoms with Crippen molar-refractivity contribution < 1.29 is 4.79 Å². The number of anilines is 1. The van der Waals surface area contributed by atoms with Crippen LogP contribution < -0.4 is 4.90 Å². The Balaban J connectivity index is 1.70. The van der Waals surface area contributed by atoms with Crippen molar-refractivity contribution >= 4 is 22.5 Å². The highest BCUT2D eigenvalue weighted by Gasteiger charge is 2.32. The van der Waals surface area contributed by atoms with Crippen molar-refractivity contribution in [1.29, 1.82) is 0 Å². The summed E-state index contributed by atoms with van der Waals surface area (Å²) in [7, 11) is 3.95. The lowest BCUT2D eigenvalue weighted by Gasteiger charge is -2.26. The molecule has 1 aliphatic heterocycles. The first kappa shape index (κ1) is 16.5. The Labute approximate surface area is 153 Å². The smallest absolute Gasteiger partial charge is 0.273 e. The maximum Gasteiger partial charge on any atom is 0.273 e. The molecule has 1 atom stereocenters. The number of aromatic nitrogens is 2. The number of pyridine rings is 2. The summed E-state index contributed by atoms with van der Waals surface area (Å²) in [6, 6.07) is 14.0. The molecule has 4 rings (SSSR count). The van der Waals surface area contributed by atoms with E-state index in [1.54, 1.807) is 6.20 Å². The van der Waals surface area contributed by atoms with Crippen molar-refractivity contribution in [3.63, 3.8) is 0 Å². The molecule has 0 unspecified atom stereocenters. The second kappa shape index (κ2) is 6.75. The van der Waals surface area contributed by atoms with Crippen molar-refractivity contribution in [2.75, 3.05) is 25.5 Å². The average molecular weight is 346 g/mol. The molecule has 3 aromatic rings. The molecule has 0 spiro atoms. The fourth-order valence-electron chi connectivity index (χ4n) is 3.67. The van der Waals surface area contributed by atoms with Crippen LogP contribution >= 0.6 is 0 Å². The van der Waals surface area contributed by atoms with E-state index >= 15 is 0 Å². The first-order valence-corrected chi connectivity index (χ1v) is 8.93. The van der Waals surface area contributed by atoms with E-state index in [9.17, 15) is 4.79 Å². The van der Waals surface area contributed by atoms with Crippen molar-refractivity contribution in [3.05, 3.63) is 66.1 Å². The molecule has 0 N–H and O–H groups in total. The fourth-order valence-corrected chi connectivity index (χ4v) is 3.67. The normalized spacial score (nSPS) is 16.8. The predicted octanol–water partition coefficient (Wildman–Crippen LogP) is 3.67. The molecule has 132 valence electrons. The highest BCUT2D eigenvalue weighted by Crippen LogP contribution is 2.34. The number of amides is 1. The zero-order valence-electron chi connectivity index (χ0n) is 15.1. The first-order chi connectivity index (χ1) is 12.6. The maximum atomic E-state index is 13.3. The van der Waals surface area contributed by atoms with Crippen LogP contribution in [0, 0.1) is 0 Å². The van der Waals surface area contributed by atoms with E-state index in [0.717, 1.165) is 41.5 Å². The summed E-state index contributed by atoms with van der Waals surface area (Å²) >= 11 is 0. The summed E-state index contributed by atoms with van der Waals surface area (Å²) in [5.74, 6) is 0.914. The molecular weight excluding hydrogens is 324 g/mol. The second-order valence-electron chi connectivity index (χ2n) is 6.88. The van der Waals surface area contributed by atoms with E-state index in [0.29, 0.717) is 5.69 Å². The number of nitrogens with zero attached hydrogens (tertiary/aromatic N) is 4. The van der Waals surface area contributed by atoms with Crippen LogP contribution in [0.3, 0.4) is 0 Å². The molecule has 3 heterocycles. The Morgan fingerprint density at radius 1 is 1.12 bits per heavy atom. The number of carbonyl (C=O) groups excluding carboxylic acids is 1. The Hall–Kier alpha value is -2.95. The van der Waals surface area contributed by atoms with Crippen LogP contribution in [-0.4, -0.2) is 41.4 Å². The molecule has 26 heavy (non-hydrogen) atoms. The Bertz CT molecular complexity index is 948. The Morgan fingerprint density at radius 2 is 1.92 bits per heavy atom. The quantitative estimate of drug-likeness (QED) is 0.726. The molecule has 1 amide bonds. The number of likely N-dealkylation sites (tertiary alicyclic amines) is 1. The van der Waals surface area contributed by atoms with Crippen LogP contribution in [0.2, 0.25) is 0 Å². The third-order valence-electron chi connectivity index (χ3n) is 5.00. The Morgan fingerprint density at radius 3 is 2.77 bits per heavy atom. The van der Waals surface area contributed by atoms with Gasteiger partial charge in [0, 0.05) is 38.4 Å². The molecule has 0 aliphatic carbocycles. The SMILES string of the molecule is CN(C)c1cc([C@@H]2CCCN2C(=O)c2nccc3ccccc23)ccn1. The van der Waals surface area contributed by atoms with Crippen molar-refractivity contribution in [1.82, 2.24) is 14.9 Å². The molecule has 1 aliphatic rings. The molecule has 0 bridgehead atoms. The van der Waals surface area contributed by atoms with Crippen LogP contribution in [0.5, 0.6) is 0 Å². The Kier molecular flexibility index (Phi) is 4.29. The number of benzene rings is 1. The van der Waals surface area contributed by atoms with Crippen LogP contribution in [0.25, 0.3) is 10.8 Å². The zero-order chi connectivity index (χ0) is 18.1. The minimum atomic E-state index is 0.00696. The minimum absolute atomic E-state index is 0.00696. The number of rotatable bonds is 3. The lowest BCUT2D eigenvalue weighted by molar-refractivity contribution is 0.0732. The summed E-state index contributed by atoms with van der Waals surface area (Å²) in [6.07, 6.45) is 5.51. The van der Waals surface area contributed by atoms with Gasteiger partial charge in [-0.1, -0.05) is 24.3 Å². The van der Waals surface area contributed by atoms with Gasteiger partial charge < -0.3 is 9.80 Å². The molecule has 1 fully saturated rings. The predicted molar refractivity (Wildman–Crippen MR) is 103 cm³/mol. The van der Waals surface area contributed by atoms with E-state index in [-0.39, 0.29) is 11.9 Å². The van der Waals surface area contributed by atoms with E-state index < -0.39 is 0 Å². The summed E-state index contributed by atoms with van der Waals surface area (Å²) in [4.78, 5) is 26.0. The van der Waals surface area contributed by atoms with E-state index in [1.165, 1.54) is 0 Å². The zero-order valence-corrected chi connectivity index (χ0v) is 15.1. The highest BCUT2D eigenvalue weighted by molar-refractivity contribution is 6.05. The van der Waals surface area contributed by atoms with Gasteiger partial charge in [0.1, 0.15) is 11.5 Å². The number of fused-ring (bicyclic) bond motifs is 1. The summed E-state index contributed by atoms with van der Waals surface area (Å²) in [5, 5.41) is 1.95. The lowest BCUT2D eigenvalue weighted by Crippen LogP contribution is -2.31. The van der Waals surface area contributed by atoms with Gasteiger partial charge >= 0.3 is 0 Å². The second-order valence-corrected chi connectivity index (χ2v) is 6.88. The van der Waals surface area contributed by atoms with Gasteiger partial charge in [-0.25, -0.2) is 4.98 Å². The number of hydrogen-bond acceptors (Lipinski definition) is 4. The third-order valence-corrected chi connectivity index (χ3v) is 5.00. The molecule has 2 aromatic heterocycles. The van der Waals surface area contributed by atoms with Gasteiger partial charge in [0.25, 0.3) is 5.91 Å². The van der Waals surface area contributed by atoms with Gasteiger partial charge in [0.2, 0.25) is 0 Å². The largest absolute Gasteiger partial charge is 0.363 e.